The van der Waals surface area contributed by atoms with Gasteiger partial charge in [-0.05, 0) is 55.0 Å². The predicted octanol–water partition coefficient (Wildman–Crippen LogP) is 3.31. The first-order valence-electron chi connectivity index (χ1n) is 7.55. The summed E-state index contributed by atoms with van der Waals surface area (Å²) in [5, 5.41) is 13.0. The van der Waals surface area contributed by atoms with E-state index in [1.807, 2.05) is 18.2 Å². The number of benzene rings is 2. The highest BCUT2D eigenvalue weighted by molar-refractivity contribution is 5.36. The van der Waals surface area contributed by atoms with Gasteiger partial charge in [0.15, 0.2) is 0 Å². The Bertz CT molecular complexity index is 578. The van der Waals surface area contributed by atoms with Gasteiger partial charge in [0.1, 0.15) is 0 Å². The van der Waals surface area contributed by atoms with Gasteiger partial charge >= 0.3 is 0 Å². The molecular formula is C19H25NO. The molecule has 0 bridgehead atoms. The van der Waals surface area contributed by atoms with Crippen molar-refractivity contribution in [3.63, 3.8) is 0 Å². The summed E-state index contributed by atoms with van der Waals surface area (Å²) >= 11 is 0. The number of hydrogen-bond donors (Lipinski definition) is 2. The van der Waals surface area contributed by atoms with Crippen molar-refractivity contribution in [1.29, 1.82) is 0 Å². The average molecular weight is 283 g/mol. The van der Waals surface area contributed by atoms with Crippen molar-refractivity contribution in [3.8, 4) is 0 Å². The Morgan fingerprint density at radius 1 is 0.952 bits per heavy atom. The van der Waals surface area contributed by atoms with Crippen LogP contribution in [-0.2, 0) is 13.0 Å². The summed E-state index contributed by atoms with van der Waals surface area (Å²) in [5.41, 5.74) is 6.52. The lowest BCUT2D eigenvalue weighted by atomic mass is 10.00. The van der Waals surface area contributed by atoms with Gasteiger partial charge < -0.3 is 10.4 Å². The predicted molar refractivity (Wildman–Crippen MR) is 88.5 cm³/mol. The van der Waals surface area contributed by atoms with Crippen LogP contribution in [0.4, 0.5) is 0 Å². The molecule has 2 rings (SSSR count). The molecule has 2 aromatic rings. The first kappa shape index (κ1) is 15.7. The van der Waals surface area contributed by atoms with Crippen molar-refractivity contribution in [2.45, 2.75) is 39.8 Å². The normalized spacial score (nSPS) is 12.4. The maximum Gasteiger partial charge on any atom is 0.0587 e. The van der Waals surface area contributed by atoms with Crippen molar-refractivity contribution in [3.05, 3.63) is 70.3 Å². The fraction of sp³-hybridized carbons (Fsp3) is 0.368. The fourth-order valence-corrected chi connectivity index (χ4v) is 2.56. The minimum Gasteiger partial charge on any atom is -0.395 e. The average Bonchev–Trinajstić information content (AvgIpc) is 2.49. The monoisotopic (exact) mass is 283 g/mol. The van der Waals surface area contributed by atoms with E-state index in [0.717, 1.165) is 13.0 Å². The molecule has 2 aromatic carbocycles. The van der Waals surface area contributed by atoms with Gasteiger partial charge in [0.25, 0.3) is 0 Å². The molecule has 0 aliphatic rings. The zero-order chi connectivity index (χ0) is 15.2. The van der Waals surface area contributed by atoms with E-state index in [9.17, 15) is 5.11 Å². The number of nitrogens with one attached hydrogen (secondary N) is 1. The van der Waals surface area contributed by atoms with E-state index in [-0.39, 0.29) is 12.6 Å². The lowest BCUT2D eigenvalue weighted by Gasteiger charge is -2.18. The van der Waals surface area contributed by atoms with Gasteiger partial charge in [0.2, 0.25) is 0 Å². The summed E-state index contributed by atoms with van der Waals surface area (Å²) in [7, 11) is 0. The maximum absolute atomic E-state index is 9.57. The first-order chi connectivity index (χ1) is 10.1. The van der Waals surface area contributed by atoms with Crippen LogP contribution in [0.5, 0.6) is 0 Å². The van der Waals surface area contributed by atoms with Crippen molar-refractivity contribution in [2.75, 3.05) is 6.61 Å². The molecule has 1 atom stereocenters. The lowest BCUT2D eigenvalue weighted by Crippen LogP contribution is -2.34. The molecule has 0 saturated heterocycles. The van der Waals surface area contributed by atoms with Crippen LogP contribution in [0.15, 0.2) is 42.5 Å². The third-order valence-electron chi connectivity index (χ3n) is 4.08. The van der Waals surface area contributed by atoms with Crippen LogP contribution in [0.2, 0.25) is 0 Å². The molecule has 21 heavy (non-hydrogen) atoms. The highest BCUT2D eigenvalue weighted by atomic mass is 16.3. The van der Waals surface area contributed by atoms with E-state index in [0.29, 0.717) is 0 Å². The molecule has 0 amide bonds. The third kappa shape index (κ3) is 4.42. The zero-order valence-electron chi connectivity index (χ0n) is 13.2. The van der Waals surface area contributed by atoms with Gasteiger partial charge in [-0.25, -0.2) is 0 Å². The molecular weight excluding hydrogens is 258 g/mol. The van der Waals surface area contributed by atoms with E-state index < -0.39 is 0 Å². The van der Waals surface area contributed by atoms with Crippen LogP contribution in [0, 0.1) is 20.8 Å². The molecule has 0 fully saturated rings. The maximum atomic E-state index is 9.57. The van der Waals surface area contributed by atoms with Crippen molar-refractivity contribution in [1.82, 2.24) is 5.32 Å². The largest absolute Gasteiger partial charge is 0.395 e. The van der Waals surface area contributed by atoms with E-state index in [1.165, 1.54) is 27.8 Å². The van der Waals surface area contributed by atoms with Crippen molar-refractivity contribution >= 4 is 0 Å². The minimum absolute atomic E-state index is 0.0911. The smallest absolute Gasteiger partial charge is 0.0587 e. The second-order valence-electron chi connectivity index (χ2n) is 5.81. The molecule has 2 N–H and O–H groups in total. The summed E-state index contributed by atoms with van der Waals surface area (Å²) in [5.74, 6) is 0. The Hall–Kier alpha value is -1.64. The standard InChI is InChI=1S/C19H25NO/c1-14-9-16(3)18(10-15(14)2)12-20-19(13-21)11-17-7-5-4-6-8-17/h4-10,19-21H,11-13H2,1-3H3. The SMILES string of the molecule is Cc1cc(C)c(CNC(CO)Cc2ccccc2)cc1C. The van der Waals surface area contributed by atoms with Crippen molar-refractivity contribution in [2.24, 2.45) is 0 Å². The van der Waals surface area contributed by atoms with Gasteiger partial charge in [0.05, 0.1) is 6.61 Å². The highest BCUT2D eigenvalue weighted by Crippen LogP contribution is 2.15. The van der Waals surface area contributed by atoms with E-state index in [1.54, 1.807) is 0 Å². The van der Waals surface area contributed by atoms with E-state index >= 15 is 0 Å². The minimum atomic E-state index is 0.0911. The molecule has 0 spiro atoms. The van der Waals surface area contributed by atoms with Gasteiger partial charge in [-0.2, -0.15) is 0 Å². The van der Waals surface area contributed by atoms with Gasteiger partial charge in [-0.15, -0.1) is 0 Å². The summed E-state index contributed by atoms with van der Waals surface area (Å²) in [6, 6.07) is 14.9. The number of rotatable bonds is 6. The molecule has 0 aliphatic carbocycles. The number of aliphatic hydroxyl groups is 1. The Morgan fingerprint density at radius 2 is 1.62 bits per heavy atom. The Labute approximate surface area is 127 Å². The molecule has 112 valence electrons. The molecule has 0 radical (unpaired) electrons. The molecule has 0 saturated carbocycles. The topological polar surface area (TPSA) is 32.3 Å². The molecule has 0 aromatic heterocycles. The first-order valence-corrected chi connectivity index (χ1v) is 7.55. The van der Waals surface area contributed by atoms with E-state index in [2.05, 4.69) is 50.4 Å². The summed E-state index contributed by atoms with van der Waals surface area (Å²) in [6.07, 6.45) is 0.848. The number of aryl methyl sites for hydroxylation is 3. The van der Waals surface area contributed by atoms with Crippen molar-refractivity contribution < 1.29 is 5.11 Å². The highest BCUT2D eigenvalue weighted by Gasteiger charge is 2.09. The third-order valence-corrected chi connectivity index (χ3v) is 4.08. The number of hydrogen-bond acceptors (Lipinski definition) is 2. The fourth-order valence-electron chi connectivity index (χ4n) is 2.56. The van der Waals surface area contributed by atoms with Crippen LogP contribution in [0.25, 0.3) is 0 Å². The summed E-state index contributed by atoms with van der Waals surface area (Å²) in [4.78, 5) is 0. The molecule has 1 unspecified atom stereocenters. The Kier molecular flexibility index (Phi) is 5.54. The van der Waals surface area contributed by atoms with Crippen LogP contribution in [0.1, 0.15) is 27.8 Å². The quantitative estimate of drug-likeness (QED) is 0.852. The summed E-state index contributed by atoms with van der Waals surface area (Å²) < 4.78 is 0. The molecule has 2 nitrogen and oxygen atoms in total. The van der Waals surface area contributed by atoms with E-state index in [4.69, 9.17) is 0 Å². The second kappa shape index (κ2) is 7.39. The van der Waals surface area contributed by atoms with Crippen LogP contribution >= 0.6 is 0 Å². The van der Waals surface area contributed by atoms with Gasteiger partial charge in [-0.3, -0.25) is 0 Å². The van der Waals surface area contributed by atoms with Crippen LogP contribution in [-0.4, -0.2) is 17.8 Å². The van der Waals surface area contributed by atoms with Gasteiger partial charge in [-0.1, -0.05) is 42.5 Å². The Balaban J connectivity index is 1.99. The lowest BCUT2D eigenvalue weighted by molar-refractivity contribution is 0.240. The van der Waals surface area contributed by atoms with Gasteiger partial charge in [0, 0.05) is 12.6 Å². The Morgan fingerprint density at radius 3 is 2.29 bits per heavy atom. The zero-order valence-corrected chi connectivity index (χ0v) is 13.2. The van der Waals surface area contributed by atoms with Crippen LogP contribution < -0.4 is 5.32 Å². The molecule has 2 heteroatoms. The molecule has 0 heterocycles. The number of aliphatic hydroxyl groups excluding tert-OH is 1. The summed E-state index contributed by atoms with van der Waals surface area (Å²) in [6.45, 7) is 7.38. The second-order valence-corrected chi connectivity index (χ2v) is 5.81. The van der Waals surface area contributed by atoms with Crippen LogP contribution in [0.3, 0.4) is 0 Å². The molecule has 0 aliphatic heterocycles.